The van der Waals surface area contributed by atoms with Crippen LogP contribution in [0.25, 0.3) is 5.69 Å². The Morgan fingerprint density at radius 3 is 2.78 bits per heavy atom. The van der Waals surface area contributed by atoms with Gasteiger partial charge in [0.25, 0.3) is 0 Å². The van der Waals surface area contributed by atoms with Crippen LogP contribution in [-0.4, -0.2) is 14.7 Å². The third-order valence-electron chi connectivity index (χ3n) is 3.13. The number of imidazole rings is 1. The zero-order valence-electron chi connectivity index (χ0n) is 11.0. The van der Waals surface area contributed by atoms with Crippen LogP contribution in [0, 0.1) is 0 Å². The van der Waals surface area contributed by atoms with Crippen LogP contribution in [0.4, 0.5) is 0 Å². The Balaban J connectivity index is 2.46. The number of benzene rings is 1. The molecule has 0 radical (unpaired) electrons. The summed E-state index contributed by atoms with van der Waals surface area (Å²) in [6.45, 7) is 4.13. The molecular weight excluding hydrogens is 224 g/mol. The van der Waals surface area contributed by atoms with E-state index in [0.717, 1.165) is 36.3 Å². The van der Waals surface area contributed by atoms with E-state index in [1.807, 2.05) is 43.6 Å². The largest absolute Gasteiger partial charge is 0.388 e. The highest BCUT2D eigenvalue weighted by atomic mass is 16.3. The van der Waals surface area contributed by atoms with Crippen molar-refractivity contribution >= 4 is 0 Å². The molecule has 3 nitrogen and oxygen atoms in total. The monoisotopic (exact) mass is 244 g/mol. The van der Waals surface area contributed by atoms with Crippen molar-refractivity contribution in [1.82, 2.24) is 9.55 Å². The molecule has 18 heavy (non-hydrogen) atoms. The van der Waals surface area contributed by atoms with Crippen molar-refractivity contribution in [2.75, 3.05) is 0 Å². The molecule has 0 unspecified atom stereocenters. The van der Waals surface area contributed by atoms with Gasteiger partial charge in [-0.25, -0.2) is 4.98 Å². The smallest absolute Gasteiger partial charge is 0.113 e. The van der Waals surface area contributed by atoms with Crippen LogP contribution < -0.4 is 0 Å². The van der Waals surface area contributed by atoms with Crippen molar-refractivity contribution in [1.29, 1.82) is 0 Å². The maximum absolute atomic E-state index is 10.1. The summed E-state index contributed by atoms with van der Waals surface area (Å²) in [5, 5.41) is 10.1. The first-order chi connectivity index (χ1) is 8.77. The number of aliphatic hydroxyl groups is 1. The van der Waals surface area contributed by atoms with Crippen molar-refractivity contribution in [3.05, 3.63) is 48.0 Å². The summed E-state index contributed by atoms with van der Waals surface area (Å²) in [6.07, 6.45) is 6.10. The number of rotatable bonds is 5. The topological polar surface area (TPSA) is 38.0 Å². The molecule has 0 saturated carbocycles. The molecule has 0 aliphatic heterocycles. The van der Waals surface area contributed by atoms with E-state index in [4.69, 9.17) is 0 Å². The average molecular weight is 244 g/mol. The number of aryl methyl sites for hydroxylation is 1. The summed E-state index contributed by atoms with van der Waals surface area (Å²) in [5.41, 5.74) is 2.00. The first-order valence-corrected chi connectivity index (χ1v) is 6.57. The van der Waals surface area contributed by atoms with Gasteiger partial charge in [-0.3, -0.25) is 0 Å². The fourth-order valence-electron chi connectivity index (χ4n) is 2.17. The summed E-state index contributed by atoms with van der Waals surface area (Å²) >= 11 is 0. The number of aliphatic hydroxyl groups excluding tert-OH is 1. The molecule has 2 aromatic rings. The summed E-state index contributed by atoms with van der Waals surface area (Å²) in [5.74, 6) is 1.05. The fraction of sp³-hybridized carbons (Fsp3) is 0.400. The van der Waals surface area contributed by atoms with E-state index >= 15 is 0 Å². The number of hydrogen-bond acceptors (Lipinski definition) is 2. The van der Waals surface area contributed by atoms with E-state index in [2.05, 4.69) is 16.5 Å². The SMILES string of the molecule is CCCc1nccn1-c1ccccc1[C@@H](O)CC. The molecule has 0 amide bonds. The Morgan fingerprint density at radius 1 is 1.28 bits per heavy atom. The zero-order valence-corrected chi connectivity index (χ0v) is 11.0. The highest BCUT2D eigenvalue weighted by Crippen LogP contribution is 2.24. The summed E-state index contributed by atoms with van der Waals surface area (Å²) < 4.78 is 2.08. The zero-order chi connectivity index (χ0) is 13.0. The van der Waals surface area contributed by atoms with E-state index in [-0.39, 0.29) is 0 Å². The minimum atomic E-state index is -0.418. The summed E-state index contributed by atoms with van der Waals surface area (Å²) in [4.78, 5) is 4.39. The highest BCUT2D eigenvalue weighted by molar-refractivity contribution is 5.43. The number of para-hydroxylation sites is 1. The van der Waals surface area contributed by atoms with E-state index < -0.39 is 6.10 Å². The predicted molar refractivity (Wildman–Crippen MR) is 72.8 cm³/mol. The highest BCUT2D eigenvalue weighted by Gasteiger charge is 2.13. The number of nitrogens with zero attached hydrogens (tertiary/aromatic N) is 2. The van der Waals surface area contributed by atoms with Crippen LogP contribution in [0.5, 0.6) is 0 Å². The Morgan fingerprint density at radius 2 is 2.06 bits per heavy atom. The van der Waals surface area contributed by atoms with Gasteiger partial charge in [0.15, 0.2) is 0 Å². The average Bonchev–Trinajstić information content (AvgIpc) is 2.86. The van der Waals surface area contributed by atoms with Gasteiger partial charge >= 0.3 is 0 Å². The number of aromatic nitrogens is 2. The molecule has 2 rings (SSSR count). The molecule has 1 N–H and O–H groups in total. The van der Waals surface area contributed by atoms with Gasteiger partial charge in [0, 0.05) is 24.4 Å². The Labute approximate surface area is 108 Å². The van der Waals surface area contributed by atoms with Crippen LogP contribution >= 0.6 is 0 Å². The lowest BCUT2D eigenvalue weighted by Gasteiger charge is -2.16. The molecule has 0 spiro atoms. The Bertz CT molecular complexity index is 505. The first-order valence-electron chi connectivity index (χ1n) is 6.57. The molecule has 1 heterocycles. The minimum Gasteiger partial charge on any atom is -0.388 e. The normalized spacial score (nSPS) is 12.6. The third kappa shape index (κ3) is 2.46. The molecule has 1 atom stereocenters. The molecular formula is C15H20N2O. The third-order valence-corrected chi connectivity index (χ3v) is 3.13. The second-order valence-corrected chi connectivity index (χ2v) is 4.45. The standard InChI is InChI=1S/C15H20N2O/c1-3-7-15-16-10-11-17(15)13-9-6-5-8-12(13)14(18)4-2/h5-6,8-11,14,18H,3-4,7H2,1-2H3/t14-/m0/s1. The lowest BCUT2D eigenvalue weighted by molar-refractivity contribution is 0.173. The summed E-state index contributed by atoms with van der Waals surface area (Å²) in [7, 11) is 0. The maximum atomic E-state index is 10.1. The van der Waals surface area contributed by atoms with Gasteiger partial charge < -0.3 is 9.67 Å². The first kappa shape index (κ1) is 12.8. The van der Waals surface area contributed by atoms with Crippen LogP contribution in [0.15, 0.2) is 36.7 Å². The fourth-order valence-corrected chi connectivity index (χ4v) is 2.17. The molecule has 3 heteroatoms. The molecule has 0 aliphatic rings. The maximum Gasteiger partial charge on any atom is 0.113 e. The lowest BCUT2D eigenvalue weighted by atomic mass is 10.0. The van der Waals surface area contributed by atoms with Gasteiger partial charge in [0.2, 0.25) is 0 Å². The van der Waals surface area contributed by atoms with Crippen LogP contribution in [0.3, 0.4) is 0 Å². The second kappa shape index (κ2) is 5.83. The van der Waals surface area contributed by atoms with Gasteiger partial charge in [0.1, 0.15) is 5.82 Å². The van der Waals surface area contributed by atoms with Gasteiger partial charge in [0.05, 0.1) is 11.8 Å². The van der Waals surface area contributed by atoms with E-state index in [0.29, 0.717) is 0 Å². The Kier molecular flexibility index (Phi) is 4.15. The van der Waals surface area contributed by atoms with Gasteiger partial charge in [-0.1, -0.05) is 32.0 Å². The van der Waals surface area contributed by atoms with Gasteiger partial charge in [-0.05, 0) is 18.9 Å². The molecule has 0 saturated heterocycles. The van der Waals surface area contributed by atoms with Crippen LogP contribution in [0.1, 0.15) is 44.2 Å². The molecule has 96 valence electrons. The minimum absolute atomic E-state index is 0.418. The lowest BCUT2D eigenvalue weighted by Crippen LogP contribution is -2.06. The van der Waals surface area contributed by atoms with Gasteiger partial charge in [-0.2, -0.15) is 0 Å². The molecule has 0 fully saturated rings. The Hall–Kier alpha value is -1.61. The van der Waals surface area contributed by atoms with Crippen molar-refractivity contribution < 1.29 is 5.11 Å². The predicted octanol–water partition coefficient (Wildman–Crippen LogP) is 3.27. The molecule has 0 bridgehead atoms. The molecule has 1 aromatic heterocycles. The van der Waals surface area contributed by atoms with Crippen molar-refractivity contribution in [2.24, 2.45) is 0 Å². The van der Waals surface area contributed by atoms with Crippen molar-refractivity contribution in [3.63, 3.8) is 0 Å². The van der Waals surface area contributed by atoms with Crippen molar-refractivity contribution in [2.45, 2.75) is 39.2 Å². The van der Waals surface area contributed by atoms with E-state index in [1.165, 1.54) is 0 Å². The second-order valence-electron chi connectivity index (χ2n) is 4.45. The molecule has 1 aromatic carbocycles. The van der Waals surface area contributed by atoms with E-state index in [9.17, 15) is 5.11 Å². The van der Waals surface area contributed by atoms with E-state index in [1.54, 1.807) is 0 Å². The van der Waals surface area contributed by atoms with Crippen LogP contribution in [0.2, 0.25) is 0 Å². The number of hydrogen-bond donors (Lipinski definition) is 1. The van der Waals surface area contributed by atoms with Crippen molar-refractivity contribution in [3.8, 4) is 5.69 Å². The summed E-state index contributed by atoms with van der Waals surface area (Å²) in [6, 6.07) is 7.99. The van der Waals surface area contributed by atoms with Gasteiger partial charge in [-0.15, -0.1) is 0 Å². The van der Waals surface area contributed by atoms with Crippen LogP contribution in [-0.2, 0) is 6.42 Å². The molecule has 0 aliphatic carbocycles. The quantitative estimate of drug-likeness (QED) is 0.876.